The predicted molar refractivity (Wildman–Crippen MR) is 109 cm³/mol. The molecule has 0 unspecified atom stereocenters. The highest BCUT2D eigenvalue weighted by Crippen LogP contribution is 2.24. The Bertz CT molecular complexity index is 1030. The first kappa shape index (κ1) is 21.6. The number of nitrogens with one attached hydrogen (secondary N) is 1. The summed E-state index contributed by atoms with van der Waals surface area (Å²) in [5, 5.41) is 11.3. The Labute approximate surface area is 180 Å². The highest BCUT2D eigenvalue weighted by Gasteiger charge is 2.17. The molecule has 1 aromatic carbocycles. The molecule has 0 spiro atoms. The van der Waals surface area contributed by atoms with Gasteiger partial charge in [-0.25, -0.2) is 0 Å². The van der Waals surface area contributed by atoms with Crippen LogP contribution in [-0.4, -0.2) is 44.9 Å². The second-order valence-corrected chi connectivity index (χ2v) is 7.24. The second-order valence-electron chi connectivity index (χ2n) is 5.86. The van der Waals surface area contributed by atoms with Crippen molar-refractivity contribution in [2.45, 2.75) is 18.6 Å². The van der Waals surface area contributed by atoms with E-state index in [2.05, 4.69) is 15.5 Å². The van der Waals surface area contributed by atoms with Gasteiger partial charge in [0, 0.05) is 17.1 Å². The minimum atomic E-state index is -0.731. The quantitative estimate of drug-likeness (QED) is 0.413. The lowest BCUT2D eigenvalue weighted by molar-refractivity contribution is -0.145. The van der Waals surface area contributed by atoms with E-state index in [4.69, 9.17) is 20.8 Å². The normalized spacial score (nSPS) is 10.6. The highest BCUT2D eigenvalue weighted by atomic mass is 35.5. The zero-order valence-electron chi connectivity index (χ0n) is 15.8. The zero-order chi connectivity index (χ0) is 21.5. The Hall–Kier alpha value is -3.11. The summed E-state index contributed by atoms with van der Waals surface area (Å²) in [6.45, 7) is 1.92. The van der Waals surface area contributed by atoms with Crippen molar-refractivity contribution in [1.29, 1.82) is 0 Å². The topological polar surface area (TPSA) is 116 Å². The number of carbonyl (C=O) groups is 3. The number of rotatable bonds is 8. The van der Waals surface area contributed by atoms with Crippen molar-refractivity contribution in [3.8, 4) is 11.6 Å². The van der Waals surface area contributed by atoms with Crippen LogP contribution in [0.4, 0.5) is 0 Å². The van der Waals surface area contributed by atoms with Gasteiger partial charge in [-0.2, -0.15) is 0 Å². The van der Waals surface area contributed by atoms with E-state index in [1.807, 2.05) is 6.92 Å². The number of halogens is 1. The Morgan fingerprint density at radius 2 is 1.97 bits per heavy atom. The van der Waals surface area contributed by atoms with Gasteiger partial charge in [0.2, 0.25) is 0 Å². The van der Waals surface area contributed by atoms with Gasteiger partial charge in [-0.05, 0) is 43.3 Å². The number of imide groups is 1. The Kier molecular flexibility index (Phi) is 7.26. The van der Waals surface area contributed by atoms with Crippen LogP contribution in [0.15, 0.2) is 52.2 Å². The van der Waals surface area contributed by atoms with Gasteiger partial charge in [-0.3, -0.25) is 24.3 Å². The van der Waals surface area contributed by atoms with E-state index >= 15 is 0 Å². The van der Waals surface area contributed by atoms with Gasteiger partial charge >= 0.3 is 5.97 Å². The van der Waals surface area contributed by atoms with Crippen LogP contribution in [0.5, 0.6) is 0 Å². The number of nitrogens with zero attached hydrogens (tertiary/aromatic N) is 3. The van der Waals surface area contributed by atoms with Crippen molar-refractivity contribution < 1.29 is 23.5 Å². The Balaban J connectivity index is 1.46. The summed E-state index contributed by atoms with van der Waals surface area (Å²) in [5.41, 5.74) is 0.265. The number of hydrogen-bond acceptors (Lipinski definition) is 8. The fourth-order valence-corrected chi connectivity index (χ4v) is 3.34. The molecule has 9 nitrogen and oxygen atoms in total. The fourth-order valence-electron chi connectivity index (χ4n) is 2.42. The molecule has 2 heterocycles. The number of esters is 1. The molecule has 3 rings (SSSR count). The maximum atomic E-state index is 12.0. The van der Waals surface area contributed by atoms with Crippen LogP contribution < -0.4 is 5.32 Å². The van der Waals surface area contributed by atoms with Crippen molar-refractivity contribution in [1.82, 2.24) is 20.1 Å². The molecule has 156 valence electrons. The van der Waals surface area contributed by atoms with E-state index < -0.39 is 24.4 Å². The maximum Gasteiger partial charge on any atom is 0.316 e. The van der Waals surface area contributed by atoms with Crippen molar-refractivity contribution in [2.24, 2.45) is 0 Å². The molecule has 0 atom stereocenters. The van der Waals surface area contributed by atoms with Crippen molar-refractivity contribution in [3.63, 3.8) is 0 Å². The van der Waals surface area contributed by atoms with E-state index in [0.29, 0.717) is 28.3 Å². The lowest BCUT2D eigenvalue weighted by Gasteiger charge is -2.07. The van der Waals surface area contributed by atoms with Gasteiger partial charge < -0.3 is 9.15 Å². The van der Waals surface area contributed by atoms with Crippen molar-refractivity contribution in [3.05, 3.63) is 53.2 Å². The van der Waals surface area contributed by atoms with Crippen molar-refractivity contribution in [2.75, 3.05) is 12.4 Å². The molecule has 0 aliphatic rings. The number of furan rings is 1. The molecule has 0 aliphatic heterocycles. The van der Waals surface area contributed by atoms with Crippen LogP contribution in [0, 0.1) is 0 Å². The molecule has 0 bridgehead atoms. The monoisotopic (exact) mass is 448 g/mol. The fraction of sp³-hybridized carbons (Fsp3) is 0.211. The number of benzene rings is 1. The minimum Gasteiger partial charge on any atom is -0.461 e. The summed E-state index contributed by atoms with van der Waals surface area (Å²) >= 11 is 6.88. The largest absolute Gasteiger partial charge is 0.461 e. The number of amides is 2. The summed E-state index contributed by atoms with van der Waals surface area (Å²) in [5.74, 6) is -0.915. The summed E-state index contributed by atoms with van der Waals surface area (Å²) < 4.78 is 12.0. The number of ether oxygens (including phenoxy) is 1. The zero-order valence-corrected chi connectivity index (χ0v) is 17.4. The number of thioether (sulfide) groups is 1. The summed E-state index contributed by atoms with van der Waals surface area (Å²) in [6.07, 6.45) is 1.54. The van der Waals surface area contributed by atoms with E-state index in [9.17, 15) is 14.4 Å². The predicted octanol–water partition coefficient (Wildman–Crippen LogP) is 2.80. The molecule has 11 heteroatoms. The molecule has 0 aliphatic carbocycles. The summed E-state index contributed by atoms with van der Waals surface area (Å²) in [4.78, 5) is 35.7. The first-order chi connectivity index (χ1) is 14.5. The SMILES string of the molecule is CCn1c(SCC(=O)OCC(=O)NC(=O)c2ccc(Cl)cc2)nnc1-c1ccco1. The third kappa shape index (κ3) is 5.49. The lowest BCUT2D eigenvalue weighted by atomic mass is 10.2. The second kappa shape index (κ2) is 10.1. The average Bonchev–Trinajstić information content (AvgIpc) is 3.40. The summed E-state index contributed by atoms with van der Waals surface area (Å²) in [7, 11) is 0. The molecule has 0 fully saturated rings. The first-order valence-corrected chi connectivity index (χ1v) is 10.2. The number of aromatic nitrogens is 3. The summed E-state index contributed by atoms with van der Waals surface area (Å²) in [6, 6.07) is 9.54. The standard InChI is InChI=1S/C19H17ClN4O5S/c1-2-24-17(14-4-3-9-28-14)22-23-19(24)30-11-16(26)29-10-15(25)21-18(27)12-5-7-13(20)8-6-12/h3-9H,2,10-11H2,1H3,(H,21,25,27). The Morgan fingerprint density at radius 1 is 1.20 bits per heavy atom. The molecule has 2 amide bonds. The van der Waals surface area contributed by atoms with E-state index in [-0.39, 0.29) is 11.3 Å². The number of hydrogen-bond donors (Lipinski definition) is 1. The Morgan fingerprint density at radius 3 is 2.63 bits per heavy atom. The van der Waals surface area contributed by atoms with Gasteiger partial charge in [0.1, 0.15) is 0 Å². The molecule has 3 aromatic rings. The highest BCUT2D eigenvalue weighted by molar-refractivity contribution is 7.99. The van der Waals surface area contributed by atoms with Crippen LogP contribution in [-0.2, 0) is 20.9 Å². The van der Waals surface area contributed by atoms with Crippen LogP contribution in [0.3, 0.4) is 0 Å². The van der Waals surface area contributed by atoms with E-state index in [1.165, 1.54) is 30.5 Å². The van der Waals surface area contributed by atoms with E-state index in [1.54, 1.807) is 16.7 Å². The van der Waals surface area contributed by atoms with Crippen LogP contribution in [0.25, 0.3) is 11.6 Å². The van der Waals surface area contributed by atoms with Crippen LogP contribution >= 0.6 is 23.4 Å². The molecule has 0 saturated heterocycles. The van der Waals surface area contributed by atoms with Gasteiger partial charge in [-0.1, -0.05) is 23.4 Å². The average molecular weight is 449 g/mol. The van der Waals surface area contributed by atoms with Gasteiger partial charge in [-0.15, -0.1) is 10.2 Å². The molecular weight excluding hydrogens is 432 g/mol. The van der Waals surface area contributed by atoms with Crippen LogP contribution in [0.1, 0.15) is 17.3 Å². The van der Waals surface area contributed by atoms with E-state index in [0.717, 1.165) is 11.8 Å². The van der Waals surface area contributed by atoms with Gasteiger partial charge in [0.25, 0.3) is 11.8 Å². The van der Waals surface area contributed by atoms with Crippen LogP contribution in [0.2, 0.25) is 5.02 Å². The smallest absolute Gasteiger partial charge is 0.316 e. The minimum absolute atomic E-state index is 0.0747. The third-order valence-electron chi connectivity index (χ3n) is 3.82. The maximum absolute atomic E-state index is 12.0. The molecule has 2 aromatic heterocycles. The van der Waals surface area contributed by atoms with Gasteiger partial charge in [0.05, 0.1) is 12.0 Å². The molecule has 1 N–H and O–H groups in total. The molecular formula is C19H17ClN4O5S. The molecule has 0 saturated carbocycles. The van der Waals surface area contributed by atoms with Crippen molar-refractivity contribution >= 4 is 41.1 Å². The molecule has 0 radical (unpaired) electrons. The third-order valence-corrected chi connectivity index (χ3v) is 5.01. The number of carbonyl (C=O) groups excluding carboxylic acids is 3. The first-order valence-electron chi connectivity index (χ1n) is 8.83. The van der Waals surface area contributed by atoms with Gasteiger partial charge in [0.15, 0.2) is 23.3 Å². The lowest BCUT2D eigenvalue weighted by Crippen LogP contribution is -2.34. The molecule has 30 heavy (non-hydrogen) atoms.